The molecule has 0 radical (unpaired) electrons. The smallest absolute Gasteiger partial charge is 0.123 e. The molecule has 0 heterocycles. The predicted octanol–water partition coefficient (Wildman–Crippen LogP) is 5.16. The van der Waals surface area contributed by atoms with Crippen LogP contribution < -0.4 is 0 Å². The number of halogens is 3. The minimum absolute atomic E-state index is 0.111. The van der Waals surface area contributed by atoms with Gasteiger partial charge in [0, 0.05) is 9.85 Å². The van der Waals surface area contributed by atoms with Crippen LogP contribution in [-0.2, 0) is 6.42 Å². The average molecular weight is 314 g/mol. The minimum atomic E-state index is -0.206. The lowest BCUT2D eigenvalue weighted by atomic mass is 10.0. The van der Waals surface area contributed by atoms with Gasteiger partial charge < -0.3 is 0 Å². The van der Waals surface area contributed by atoms with Gasteiger partial charge in [-0.3, -0.25) is 0 Å². The van der Waals surface area contributed by atoms with Crippen molar-refractivity contribution < 1.29 is 4.39 Å². The molecule has 0 nitrogen and oxygen atoms in total. The second-order valence-corrected chi connectivity index (χ2v) is 5.39. The van der Waals surface area contributed by atoms with Gasteiger partial charge in [-0.15, -0.1) is 0 Å². The lowest BCUT2D eigenvalue weighted by molar-refractivity contribution is 0.625. The topological polar surface area (TPSA) is 0 Å². The highest BCUT2D eigenvalue weighted by Crippen LogP contribution is 2.27. The average Bonchev–Trinajstić information content (AvgIpc) is 2.32. The summed E-state index contributed by atoms with van der Waals surface area (Å²) in [5.74, 6) is -0.206. The monoisotopic (exact) mass is 312 g/mol. The van der Waals surface area contributed by atoms with Gasteiger partial charge in [-0.25, -0.2) is 4.39 Å². The Bertz CT molecular complexity index is 496. The van der Waals surface area contributed by atoms with E-state index in [0.717, 1.165) is 17.0 Å². The number of benzene rings is 2. The molecule has 88 valence electrons. The lowest BCUT2D eigenvalue weighted by Crippen LogP contribution is -1.95. The molecule has 0 amide bonds. The Morgan fingerprint density at radius 3 is 2.47 bits per heavy atom. The van der Waals surface area contributed by atoms with Crippen molar-refractivity contribution in [2.45, 2.75) is 11.2 Å². The Balaban J connectivity index is 2.11. The summed E-state index contributed by atoms with van der Waals surface area (Å²) in [7, 11) is 0. The van der Waals surface area contributed by atoms with Crippen molar-refractivity contribution in [1.82, 2.24) is 0 Å². The maximum atomic E-state index is 13.1. The molecule has 0 N–H and O–H groups in total. The molecule has 1 unspecified atom stereocenters. The standard InChI is InChI=1S/C14H11BrClF/c15-14(11-2-1-3-13(17)9-11)8-10-4-6-12(16)7-5-10/h1-7,9,14H,8H2. The third-order valence-corrected chi connectivity index (χ3v) is 3.64. The van der Waals surface area contributed by atoms with E-state index in [1.165, 1.54) is 11.6 Å². The fourth-order valence-corrected chi connectivity index (χ4v) is 2.43. The van der Waals surface area contributed by atoms with Gasteiger partial charge in [-0.1, -0.05) is 51.8 Å². The van der Waals surface area contributed by atoms with Crippen LogP contribution in [0.1, 0.15) is 16.0 Å². The summed E-state index contributed by atoms with van der Waals surface area (Å²) >= 11 is 9.40. The first kappa shape index (κ1) is 12.6. The van der Waals surface area contributed by atoms with E-state index in [1.807, 2.05) is 30.3 Å². The highest BCUT2D eigenvalue weighted by Gasteiger charge is 2.09. The molecule has 0 aliphatic heterocycles. The Labute approximate surface area is 114 Å². The summed E-state index contributed by atoms with van der Waals surface area (Å²) in [4.78, 5) is 0.111. The van der Waals surface area contributed by atoms with Crippen molar-refractivity contribution in [2.24, 2.45) is 0 Å². The number of rotatable bonds is 3. The zero-order chi connectivity index (χ0) is 12.3. The highest BCUT2D eigenvalue weighted by atomic mass is 79.9. The molecule has 2 rings (SSSR count). The Kier molecular flexibility index (Phi) is 4.19. The van der Waals surface area contributed by atoms with Gasteiger partial charge in [0.15, 0.2) is 0 Å². The van der Waals surface area contributed by atoms with E-state index in [1.54, 1.807) is 12.1 Å². The molecule has 2 aromatic rings. The summed E-state index contributed by atoms with van der Waals surface area (Å²) in [6.45, 7) is 0. The third-order valence-electron chi connectivity index (χ3n) is 2.54. The quantitative estimate of drug-likeness (QED) is 0.687. The molecule has 1 atom stereocenters. The zero-order valence-electron chi connectivity index (χ0n) is 9.04. The van der Waals surface area contributed by atoms with Crippen LogP contribution in [0.2, 0.25) is 5.02 Å². The van der Waals surface area contributed by atoms with Crippen molar-refractivity contribution in [2.75, 3.05) is 0 Å². The summed E-state index contributed by atoms with van der Waals surface area (Å²) in [5, 5.41) is 0.727. The normalized spacial score (nSPS) is 12.4. The van der Waals surface area contributed by atoms with Gasteiger partial charge in [-0.05, 0) is 41.8 Å². The van der Waals surface area contributed by atoms with E-state index < -0.39 is 0 Å². The first-order chi connectivity index (χ1) is 8.15. The van der Waals surface area contributed by atoms with Crippen molar-refractivity contribution >= 4 is 27.5 Å². The maximum Gasteiger partial charge on any atom is 0.123 e. The second kappa shape index (κ2) is 5.65. The summed E-state index contributed by atoms with van der Waals surface area (Å²) in [5.41, 5.74) is 2.11. The van der Waals surface area contributed by atoms with Crippen LogP contribution in [0.4, 0.5) is 4.39 Å². The van der Waals surface area contributed by atoms with Crippen LogP contribution in [0, 0.1) is 5.82 Å². The van der Waals surface area contributed by atoms with Crippen LogP contribution in [-0.4, -0.2) is 0 Å². The fourth-order valence-electron chi connectivity index (χ4n) is 1.65. The van der Waals surface area contributed by atoms with E-state index >= 15 is 0 Å². The number of alkyl halides is 1. The molecule has 0 bridgehead atoms. The predicted molar refractivity (Wildman–Crippen MR) is 73.2 cm³/mol. The summed E-state index contributed by atoms with van der Waals surface area (Å²) in [6.07, 6.45) is 0.806. The van der Waals surface area contributed by atoms with Crippen LogP contribution in [0.15, 0.2) is 48.5 Å². The lowest BCUT2D eigenvalue weighted by Gasteiger charge is -2.10. The van der Waals surface area contributed by atoms with E-state index in [4.69, 9.17) is 11.6 Å². The molecule has 0 spiro atoms. The van der Waals surface area contributed by atoms with Crippen molar-refractivity contribution in [1.29, 1.82) is 0 Å². The van der Waals surface area contributed by atoms with Gasteiger partial charge in [0.05, 0.1) is 0 Å². The summed E-state index contributed by atoms with van der Waals surface area (Å²) in [6, 6.07) is 14.3. The SMILES string of the molecule is Fc1cccc(C(Br)Cc2ccc(Cl)cc2)c1. The van der Waals surface area contributed by atoms with Crippen molar-refractivity contribution in [3.8, 4) is 0 Å². The largest absolute Gasteiger partial charge is 0.207 e. The van der Waals surface area contributed by atoms with Gasteiger partial charge in [0.1, 0.15) is 5.82 Å². The fraction of sp³-hybridized carbons (Fsp3) is 0.143. The van der Waals surface area contributed by atoms with Crippen molar-refractivity contribution in [3.63, 3.8) is 0 Å². The van der Waals surface area contributed by atoms with E-state index in [0.29, 0.717) is 0 Å². The molecule has 17 heavy (non-hydrogen) atoms. The minimum Gasteiger partial charge on any atom is -0.207 e. The Morgan fingerprint density at radius 1 is 1.12 bits per heavy atom. The van der Waals surface area contributed by atoms with Gasteiger partial charge in [0.25, 0.3) is 0 Å². The van der Waals surface area contributed by atoms with Gasteiger partial charge in [0.2, 0.25) is 0 Å². The highest BCUT2D eigenvalue weighted by molar-refractivity contribution is 9.09. The molecule has 0 saturated heterocycles. The zero-order valence-corrected chi connectivity index (χ0v) is 11.4. The van der Waals surface area contributed by atoms with Gasteiger partial charge in [-0.2, -0.15) is 0 Å². The number of hydrogen-bond donors (Lipinski definition) is 0. The second-order valence-electron chi connectivity index (χ2n) is 3.85. The third kappa shape index (κ3) is 3.55. The summed E-state index contributed by atoms with van der Waals surface area (Å²) < 4.78 is 13.1. The maximum absolute atomic E-state index is 13.1. The molecule has 0 fully saturated rings. The van der Waals surface area contributed by atoms with Crippen molar-refractivity contribution in [3.05, 3.63) is 70.5 Å². The Hall–Kier alpha value is -0.860. The molecule has 0 saturated carbocycles. The Morgan fingerprint density at radius 2 is 1.82 bits per heavy atom. The van der Waals surface area contributed by atoms with Crippen LogP contribution in [0.3, 0.4) is 0 Å². The van der Waals surface area contributed by atoms with E-state index in [-0.39, 0.29) is 10.6 Å². The molecule has 3 heteroatoms. The van der Waals surface area contributed by atoms with Crippen LogP contribution >= 0.6 is 27.5 Å². The molecule has 0 aliphatic rings. The van der Waals surface area contributed by atoms with Gasteiger partial charge >= 0.3 is 0 Å². The molecule has 0 aliphatic carbocycles. The van der Waals surface area contributed by atoms with Crippen LogP contribution in [0.5, 0.6) is 0 Å². The first-order valence-corrected chi connectivity index (χ1v) is 6.58. The molecular formula is C14H11BrClF. The van der Waals surface area contributed by atoms with E-state index in [9.17, 15) is 4.39 Å². The van der Waals surface area contributed by atoms with E-state index in [2.05, 4.69) is 15.9 Å². The molecule has 2 aromatic carbocycles. The number of hydrogen-bond acceptors (Lipinski definition) is 0. The molecular weight excluding hydrogens is 303 g/mol. The molecule has 0 aromatic heterocycles. The van der Waals surface area contributed by atoms with Crippen LogP contribution in [0.25, 0.3) is 0 Å². The first-order valence-electron chi connectivity index (χ1n) is 5.29.